The first-order chi connectivity index (χ1) is 7.79. The second kappa shape index (κ2) is 5.46. The minimum atomic E-state index is 0.251. The highest BCUT2D eigenvalue weighted by Crippen LogP contribution is 2.17. The fraction of sp³-hybridized carbons (Fsp3) is 0.583. The van der Waals surface area contributed by atoms with E-state index in [0.29, 0.717) is 18.9 Å². The maximum atomic E-state index is 12.0. The summed E-state index contributed by atoms with van der Waals surface area (Å²) in [6.45, 7) is 2.45. The van der Waals surface area contributed by atoms with Crippen molar-refractivity contribution >= 4 is 17.2 Å². The zero-order valence-electron chi connectivity index (χ0n) is 9.39. The number of rotatable bonds is 3. The van der Waals surface area contributed by atoms with Crippen LogP contribution in [-0.2, 0) is 11.2 Å². The average Bonchev–Trinajstić information content (AvgIpc) is 2.82. The Morgan fingerprint density at radius 3 is 3.19 bits per heavy atom. The van der Waals surface area contributed by atoms with Gasteiger partial charge in [0.15, 0.2) is 0 Å². The molecule has 0 bridgehead atoms. The number of nitrogens with two attached hydrogens (primary N) is 1. The largest absolute Gasteiger partial charge is 0.342 e. The third-order valence-corrected chi connectivity index (χ3v) is 3.99. The zero-order valence-corrected chi connectivity index (χ0v) is 10.2. The smallest absolute Gasteiger partial charge is 0.227 e. The van der Waals surface area contributed by atoms with Gasteiger partial charge >= 0.3 is 0 Å². The predicted molar refractivity (Wildman–Crippen MR) is 66.4 cm³/mol. The van der Waals surface area contributed by atoms with Gasteiger partial charge < -0.3 is 10.6 Å². The molecule has 2 heterocycles. The van der Waals surface area contributed by atoms with Crippen LogP contribution in [-0.4, -0.2) is 30.4 Å². The Balaban J connectivity index is 1.89. The van der Waals surface area contributed by atoms with Gasteiger partial charge in [-0.1, -0.05) is 6.07 Å². The zero-order chi connectivity index (χ0) is 11.4. The Morgan fingerprint density at radius 1 is 1.62 bits per heavy atom. The molecule has 0 saturated carbocycles. The van der Waals surface area contributed by atoms with E-state index in [2.05, 4.69) is 0 Å². The number of nitrogens with zero attached hydrogens (tertiary/aromatic N) is 1. The lowest BCUT2D eigenvalue weighted by Gasteiger charge is -2.32. The van der Waals surface area contributed by atoms with Crippen LogP contribution in [0, 0.1) is 5.92 Å². The predicted octanol–water partition coefficient (Wildman–Crippen LogP) is 1.49. The first-order valence-electron chi connectivity index (χ1n) is 5.80. The number of carbonyl (C=O) groups excluding carboxylic acids is 1. The highest BCUT2D eigenvalue weighted by molar-refractivity contribution is 7.10. The molecule has 88 valence electrons. The lowest BCUT2D eigenvalue weighted by Crippen LogP contribution is -2.42. The van der Waals surface area contributed by atoms with Gasteiger partial charge in [0.1, 0.15) is 0 Å². The van der Waals surface area contributed by atoms with Gasteiger partial charge in [-0.3, -0.25) is 4.79 Å². The van der Waals surface area contributed by atoms with E-state index >= 15 is 0 Å². The van der Waals surface area contributed by atoms with E-state index in [-0.39, 0.29) is 5.91 Å². The van der Waals surface area contributed by atoms with Crippen LogP contribution >= 0.6 is 11.3 Å². The Kier molecular flexibility index (Phi) is 3.96. The van der Waals surface area contributed by atoms with Crippen molar-refractivity contribution in [1.82, 2.24) is 4.90 Å². The number of amides is 1. The molecule has 1 fully saturated rings. The number of carbonyl (C=O) groups is 1. The van der Waals surface area contributed by atoms with Crippen LogP contribution in [0.1, 0.15) is 17.7 Å². The van der Waals surface area contributed by atoms with Gasteiger partial charge in [-0.25, -0.2) is 0 Å². The van der Waals surface area contributed by atoms with Gasteiger partial charge in [0, 0.05) is 18.0 Å². The van der Waals surface area contributed by atoms with Crippen LogP contribution in [0.15, 0.2) is 17.5 Å². The lowest BCUT2D eigenvalue weighted by molar-refractivity contribution is -0.132. The van der Waals surface area contributed by atoms with Crippen LogP contribution in [0.4, 0.5) is 0 Å². The molecule has 0 unspecified atom stereocenters. The number of hydrogen-bond donors (Lipinski definition) is 1. The summed E-state index contributed by atoms with van der Waals surface area (Å²) in [5.74, 6) is 0.752. The van der Waals surface area contributed by atoms with Gasteiger partial charge in [-0.2, -0.15) is 0 Å². The third-order valence-electron chi connectivity index (χ3n) is 3.11. The molecule has 0 spiro atoms. The second-order valence-corrected chi connectivity index (χ2v) is 5.37. The quantitative estimate of drug-likeness (QED) is 0.867. The molecule has 0 aromatic carbocycles. The second-order valence-electron chi connectivity index (χ2n) is 4.34. The molecule has 0 aliphatic carbocycles. The van der Waals surface area contributed by atoms with Crippen molar-refractivity contribution in [2.75, 3.05) is 19.6 Å². The minimum Gasteiger partial charge on any atom is -0.342 e. The van der Waals surface area contributed by atoms with Crippen LogP contribution in [0.5, 0.6) is 0 Å². The third kappa shape index (κ3) is 2.83. The summed E-state index contributed by atoms with van der Waals surface area (Å²) in [5, 5.41) is 2.02. The molecule has 1 atom stereocenters. The van der Waals surface area contributed by atoms with Crippen LogP contribution in [0.2, 0.25) is 0 Å². The highest BCUT2D eigenvalue weighted by atomic mass is 32.1. The van der Waals surface area contributed by atoms with Crippen LogP contribution < -0.4 is 5.73 Å². The normalized spacial score (nSPS) is 21.1. The van der Waals surface area contributed by atoms with E-state index in [1.165, 1.54) is 6.42 Å². The average molecular weight is 238 g/mol. The summed E-state index contributed by atoms with van der Waals surface area (Å²) in [6.07, 6.45) is 2.81. The van der Waals surface area contributed by atoms with Gasteiger partial charge in [-0.15, -0.1) is 11.3 Å². The van der Waals surface area contributed by atoms with E-state index in [1.807, 2.05) is 22.4 Å². The summed E-state index contributed by atoms with van der Waals surface area (Å²) in [6, 6.07) is 4.01. The molecule has 4 heteroatoms. The van der Waals surface area contributed by atoms with Crippen molar-refractivity contribution in [2.45, 2.75) is 19.3 Å². The highest BCUT2D eigenvalue weighted by Gasteiger charge is 2.22. The lowest BCUT2D eigenvalue weighted by atomic mass is 9.98. The SMILES string of the molecule is NC[C@@H]1CCCN(C(=O)Cc2cccs2)C1. The molecular weight excluding hydrogens is 220 g/mol. The summed E-state index contributed by atoms with van der Waals surface area (Å²) >= 11 is 1.65. The molecule has 1 aromatic rings. The Labute approximate surface area is 100 Å². The molecule has 1 aromatic heterocycles. The standard InChI is InChI=1S/C12H18N2OS/c13-8-10-3-1-5-14(9-10)12(15)7-11-4-2-6-16-11/h2,4,6,10H,1,3,5,7-9,13H2/t10-/m0/s1. The molecule has 1 aliphatic heterocycles. The summed E-state index contributed by atoms with van der Waals surface area (Å²) < 4.78 is 0. The van der Waals surface area contributed by atoms with Gasteiger partial charge in [0.05, 0.1) is 6.42 Å². The molecule has 1 amide bonds. The van der Waals surface area contributed by atoms with Crippen molar-refractivity contribution in [3.8, 4) is 0 Å². The van der Waals surface area contributed by atoms with E-state index in [9.17, 15) is 4.79 Å². The fourth-order valence-corrected chi connectivity index (χ4v) is 2.85. The Bertz CT molecular complexity index is 337. The molecule has 1 saturated heterocycles. The topological polar surface area (TPSA) is 46.3 Å². The van der Waals surface area contributed by atoms with Crippen LogP contribution in [0.3, 0.4) is 0 Å². The molecule has 2 rings (SSSR count). The summed E-state index contributed by atoms with van der Waals surface area (Å²) in [5.41, 5.74) is 5.67. The van der Waals surface area contributed by atoms with Gasteiger partial charge in [0.25, 0.3) is 0 Å². The van der Waals surface area contributed by atoms with Crippen molar-refractivity contribution < 1.29 is 4.79 Å². The van der Waals surface area contributed by atoms with Crippen molar-refractivity contribution in [2.24, 2.45) is 11.7 Å². The first kappa shape index (κ1) is 11.6. The maximum absolute atomic E-state index is 12.0. The Morgan fingerprint density at radius 2 is 2.50 bits per heavy atom. The molecule has 0 radical (unpaired) electrons. The van der Waals surface area contributed by atoms with Crippen molar-refractivity contribution in [3.05, 3.63) is 22.4 Å². The van der Waals surface area contributed by atoms with Crippen LogP contribution in [0.25, 0.3) is 0 Å². The van der Waals surface area contributed by atoms with E-state index in [4.69, 9.17) is 5.73 Å². The number of hydrogen-bond acceptors (Lipinski definition) is 3. The monoisotopic (exact) mass is 238 g/mol. The fourth-order valence-electron chi connectivity index (χ4n) is 2.16. The minimum absolute atomic E-state index is 0.251. The molecular formula is C12H18N2OS. The number of likely N-dealkylation sites (tertiary alicyclic amines) is 1. The van der Waals surface area contributed by atoms with E-state index in [1.54, 1.807) is 11.3 Å². The maximum Gasteiger partial charge on any atom is 0.227 e. The number of piperidine rings is 1. The first-order valence-corrected chi connectivity index (χ1v) is 6.68. The van der Waals surface area contributed by atoms with Gasteiger partial charge in [0.2, 0.25) is 5.91 Å². The summed E-state index contributed by atoms with van der Waals surface area (Å²) in [7, 11) is 0. The molecule has 16 heavy (non-hydrogen) atoms. The van der Waals surface area contributed by atoms with Gasteiger partial charge in [-0.05, 0) is 36.8 Å². The van der Waals surface area contributed by atoms with Crippen molar-refractivity contribution in [3.63, 3.8) is 0 Å². The molecule has 2 N–H and O–H groups in total. The molecule has 3 nitrogen and oxygen atoms in total. The van der Waals surface area contributed by atoms with E-state index in [0.717, 1.165) is 24.4 Å². The molecule has 1 aliphatic rings. The summed E-state index contributed by atoms with van der Waals surface area (Å²) in [4.78, 5) is 15.1. The number of thiophene rings is 1. The Hall–Kier alpha value is -0.870. The van der Waals surface area contributed by atoms with Crippen molar-refractivity contribution in [1.29, 1.82) is 0 Å². The van der Waals surface area contributed by atoms with E-state index < -0.39 is 0 Å².